The Labute approximate surface area is 189 Å². The molecule has 0 bridgehead atoms. The molecule has 0 aliphatic heterocycles. The lowest BCUT2D eigenvalue weighted by Crippen LogP contribution is -2.37. The fraction of sp³-hybridized carbons (Fsp3) is 0.429. The minimum atomic E-state index is -0.510. The number of carbonyl (C=O) groups is 1. The molecule has 1 amide bonds. The van der Waals surface area contributed by atoms with Crippen molar-refractivity contribution in [3.05, 3.63) is 36.2 Å². The Morgan fingerprint density at radius 2 is 1.90 bits per heavy atom. The maximum absolute atomic E-state index is 12.6. The second-order valence-corrected chi connectivity index (χ2v) is 10.4. The Hall–Kier alpha value is -1.84. The molecule has 30 heavy (non-hydrogen) atoms. The second-order valence-electron chi connectivity index (χ2n) is 7.65. The number of nitrogens with zero attached hydrogens (tertiary/aromatic N) is 4. The molecule has 0 N–H and O–H groups in total. The van der Waals surface area contributed by atoms with Crippen LogP contribution in [0.1, 0.15) is 26.3 Å². The second kappa shape index (κ2) is 9.98. The highest BCUT2D eigenvalue weighted by Crippen LogP contribution is 2.32. The van der Waals surface area contributed by atoms with E-state index in [-0.39, 0.29) is 6.09 Å². The Morgan fingerprint density at radius 3 is 2.53 bits per heavy atom. The van der Waals surface area contributed by atoms with Gasteiger partial charge in [0.2, 0.25) is 0 Å². The molecule has 9 heteroatoms. The summed E-state index contributed by atoms with van der Waals surface area (Å²) < 4.78 is 5.57. The van der Waals surface area contributed by atoms with Crippen LogP contribution in [-0.4, -0.2) is 56.4 Å². The van der Waals surface area contributed by atoms with Crippen LogP contribution in [0, 0.1) is 0 Å². The maximum Gasteiger partial charge on any atom is 0.410 e. The maximum atomic E-state index is 12.6. The Balaban J connectivity index is 1.77. The number of thiazole rings is 1. The molecular formula is C21H26N4O2S3. The number of thioether (sulfide) groups is 2. The number of fused-ring (bicyclic) bond motifs is 1. The standard InChI is InChI=1S/C21H26N4O2S3/c1-21(2,3)27-20(26)25(10-11-28-4)12-14-6-8-15(9-7-14)17-24-16-18(29-5)22-13-23-19(16)30-17/h6-9,13H,10-12H2,1-5H3. The van der Waals surface area contributed by atoms with Crippen LogP contribution in [0.2, 0.25) is 0 Å². The van der Waals surface area contributed by atoms with Crippen LogP contribution < -0.4 is 0 Å². The normalized spacial score (nSPS) is 11.6. The summed E-state index contributed by atoms with van der Waals surface area (Å²) >= 11 is 4.84. The number of aromatic nitrogens is 3. The highest BCUT2D eigenvalue weighted by Gasteiger charge is 2.22. The summed E-state index contributed by atoms with van der Waals surface area (Å²) in [6.45, 7) is 6.81. The average molecular weight is 463 g/mol. The summed E-state index contributed by atoms with van der Waals surface area (Å²) in [5.74, 6) is 0.863. The van der Waals surface area contributed by atoms with E-state index in [0.29, 0.717) is 13.1 Å². The van der Waals surface area contributed by atoms with Gasteiger partial charge in [-0.05, 0) is 38.8 Å². The molecule has 0 radical (unpaired) electrons. The van der Waals surface area contributed by atoms with Gasteiger partial charge in [0.25, 0.3) is 0 Å². The summed E-state index contributed by atoms with van der Waals surface area (Å²) in [6.07, 6.45) is 5.32. The number of carbonyl (C=O) groups excluding carboxylic acids is 1. The van der Waals surface area contributed by atoms with Gasteiger partial charge >= 0.3 is 6.09 Å². The van der Waals surface area contributed by atoms with Crippen LogP contribution in [0.4, 0.5) is 4.79 Å². The first-order valence-corrected chi connectivity index (χ1v) is 13.0. The number of benzene rings is 1. The van der Waals surface area contributed by atoms with Crippen molar-refractivity contribution >= 4 is 51.3 Å². The van der Waals surface area contributed by atoms with Gasteiger partial charge in [0.05, 0.1) is 0 Å². The summed E-state index contributed by atoms with van der Waals surface area (Å²) in [5.41, 5.74) is 2.42. The average Bonchev–Trinajstić information content (AvgIpc) is 3.14. The van der Waals surface area contributed by atoms with E-state index in [4.69, 9.17) is 9.72 Å². The van der Waals surface area contributed by atoms with Crippen molar-refractivity contribution < 1.29 is 9.53 Å². The number of ether oxygens (including phenoxy) is 1. The smallest absolute Gasteiger partial charge is 0.410 e. The molecule has 2 aromatic heterocycles. The van der Waals surface area contributed by atoms with Crippen LogP contribution in [-0.2, 0) is 11.3 Å². The third-order valence-electron chi connectivity index (χ3n) is 4.15. The van der Waals surface area contributed by atoms with E-state index in [1.54, 1.807) is 46.1 Å². The monoisotopic (exact) mass is 462 g/mol. The van der Waals surface area contributed by atoms with Gasteiger partial charge in [-0.1, -0.05) is 35.6 Å². The highest BCUT2D eigenvalue weighted by molar-refractivity contribution is 7.98. The van der Waals surface area contributed by atoms with Crippen LogP contribution in [0.25, 0.3) is 20.9 Å². The Bertz CT molecular complexity index is 1000. The first-order chi connectivity index (χ1) is 14.3. The zero-order valence-electron chi connectivity index (χ0n) is 17.8. The molecule has 0 saturated carbocycles. The molecule has 160 valence electrons. The topological polar surface area (TPSA) is 68.2 Å². The lowest BCUT2D eigenvalue weighted by molar-refractivity contribution is 0.0246. The van der Waals surface area contributed by atoms with E-state index in [2.05, 4.69) is 9.97 Å². The predicted molar refractivity (Wildman–Crippen MR) is 127 cm³/mol. The van der Waals surface area contributed by atoms with Crippen molar-refractivity contribution in [2.75, 3.05) is 24.8 Å². The minimum absolute atomic E-state index is 0.282. The van der Waals surface area contributed by atoms with Crippen molar-refractivity contribution in [1.29, 1.82) is 0 Å². The fourth-order valence-electron chi connectivity index (χ4n) is 2.74. The van der Waals surface area contributed by atoms with E-state index >= 15 is 0 Å². The van der Waals surface area contributed by atoms with Gasteiger partial charge in [0.1, 0.15) is 32.3 Å². The minimum Gasteiger partial charge on any atom is -0.444 e. The summed E-state index contributed by atoms with van der Waals surface area (Å²) in [5, 5.41) is 1.81. The summed E-state index contributed by atoms with van der Waals surface area (Å²) in [6, 6.07) is 8.17. The van der Waals surface area contributed by atoms with E-state index in [9.17, 15) is 4.79 Å². The predicted octanol–water partition coefficient (Wildman–Crippen LogP) is 5.58. The van der Waals surface area contributed by atoms with E-state index < -0.39 is 5.60 Å². The van der Waals surface area contributed by atoms with Crippen LogP contribution in [0.15, 0.2) is 35.6 Å². The third kappa shape index (κ3) is 5.86. The van der Waals surface area contributed by atoms with Crippen molar-refractivity contribution in [3.8, 4) is 10.6 Å². The fourth-order valence-corrected chi connectivity index (χ4v) is 4.61. The molecule has 0 saturated heterocycles. The van der Waals surface area contributed by atoms with Crippen molar-refractivity contribution in [2.24, 2.45) is 0 Å². The summed E-state index contributed by atoms with van der Waals surface area (Å²) in [7, 11) is 0. The molecule has 3 rings (SSSR count). The molecule has 6 nitrogen and oxygen atoms in total. The zero-order valence-corrected chi connectivity index (χ0v) is 20.3. The molecular weight excluding hydrogens is 436 g/mol. The van der Waals surface area contributed by atoms with Gasteiger partial charge < -0.3 is 9.64 Å². The van der Waals surface area contributed by atoms with E-state index in [1.165, 1.54) is 0 Å². The molecule has 3 aromatic rings. The first-order valence-electron chi connectivity index (χ1n) is 9.52. The molecule has 0 unspecified atom stereocenters. The highest BCUT2D eigenvalue weighted by atomic mass is 32.2. The third-order valence-corrected chi connectivity index (χ3v) is 6.44. The van der Waals surface area contributed by atoms with Crippen molar-refractivity contribution in [3.63, 3.8) is 0 Å². The van der Waals surface area contributed by atoms with Crippen molar-refractivity contribution in [2.45, 2.75) is 37.9 Å². The van der Waals surface area contributed by atoms with Crippen LogP contribution in [0.5, 0.6) is 0 Å². The Morgan fingerprint density at radius 1 is 1.17 bits per heavy atom. The summed E-state index contributed by atoms with van der Waals surface area (Å²) in [4.78, 5) is 28.6. The lowest BCUT2D eigenvalue weighted by Gasteiger charge is -2.27. The number of amides is 1. The molecule has 0 spiro atoms. The molecule has 0 aliphatic rings. The number of rotatable bonds is 7. The quantitative estimate of drug-likeness (QED) is 0.335. The molecule has 2 heterocycles. The Kier molecular flexibility index (Phi) is 7.60. The zero-order chi connectivity index (χ0) is 21.7. The molecule has 0 aliphatic carbocycles. The van der Waals surface area contributed by atoms with Gasteiger partial charge in [-0.15, -0.1) is 11.8 Å². The first kappa shape index (κ1) is 22.8. The molecule has 0 atom stereocenters. The van der Waals surface area contributed by atoms with Gasteiger partial charge in [-0.25, -0.2) is 19.7 Å². The van der Waals surface area contributed by atoms with Crippen LogP contribution >= 0.6 is 34.9 Å². The van der Waals surface area contributed by atoms with Gasteiger partial charge in [-0.2, -0.15) is 11.8 Å². The number of hydrogen-bond donors (Lipinski definition) is 0. The van der Waals surface area contributed by atoms with Crippen LogP contribution in [0.3, 0.4) is 0 Å². The number of hydrogen-bond acceptors (Lipinski definition) is 8. The molecule has 0 fully saturated rings. The van der Waals surface area contributed by atoms with Gasteiger partial charge in [-0.3, -0.25) is 0 Å². The van der Waals surface area contributed by atoms with Crippen molar-refractivity contribution in [1.82, 2.24) is 19.9 Å². The van der Waals surface area contributed by atoms with Gasteiger partial charge in [0.15, 0.2) is 0 Å². The largest absolute Gasteiger partial charge is 0.444 e. The SMILES string of the molecule is CSCCN(Cc1ccc(-c2nc3c(SC)ncnc3s2)cc1)C(=O)OC(C)(C)C. The molecule has 1 aromatic carbocycles. The van der Waals surface area contributed by atoms with E-state index in [1.807, 2.05) is 57.5 Å². The lowest BCUT2D eigenvalue weighted by atomic mass is 10.1. The van der Waals surface area contributed by atoms with E-state index in [0.717, 1.165) is 37.3 Å². The van der Waals surface area contributed by atoms with Gasteiger partial charge in [0, 0.05) is 24.4 Å².